The van der Waals surface area contributed by atoms with Gasteiger partial charge in [-0.1, -0.05) is 0 Å². The van der Waals surface area contributed by atoms with Gasteiger partial charge in [-0.2, -0.15) is 0 Å². The molecule has 2 amide bonds. The van der Waals surface area contributed by atoms with Crippen LogP contribution in [0.4, 0.5) is 10.5 Å². The number of aromatic nitrogens is 2. The van der Waals surface area contributed by atoms with Crippen molar-refractivity contribution in [1.29, 1.82) is 0 Å². The lowest BCUT2D eigenvalue weighted by Gasteiger charge is -2.12. The lowest BCUT2D eigenvalue weighted by Crippen LogP contribution is -2.30. The largest absolute Gasteiger partial charge is 0.497 e. The molecule has 0 radical (unpaired) electrons. The number of methoxy groups -OCH3 is 2. The summed E-state index contributed by atoms with van der Waals surface area (Å²) in [5.74, 6) is 1.21. The molecule has 1 aromatic carbocycles. The number of carbonyl (C=O) groups is 1. The van der Waals surface area contributed by atoms with E-state index in [1.165, 1.54) is 0 Å². The number of benzene rings is 1. The number of amides is 2. The summed E-state index contributed by atoms with van der Waals surface area (Å²) in [4.78, 5) is 18.8. The third kappa shape index (κ3) is 4.13. The van der Waals surface area contributed by atoms with E-state index in [0.717, 1.165) is 5.69 Å². The minimum absolute atomic E-state index is 0.305. The van der Waals surface area contributed by atoms with E-state index in [0.29, 0.717) is 30.2 Å². The van der Waals surface area contributed by atoms with Crippen LogP contribution in [0.3, 0.4) is 0 Å². The van der Waals surface area contributed by atoms with Gasteiger partial charge in [0.2, 0.25) is 0 Å². The summed E-state index contributed by atoms with van der Waals surface area (Å²) in [7, 11) is 3.11. The SMILES string of the molecule is COc1ccc(OC)c(NC(=O)NCCc2cnc[nH]2)c1. The van der Waals surface area contributed by atoms with E-state index in [1.807, 2.05) is 0 Å². The lowest BCUT2D eigenvalue weighted by molar-refractivity contribution is 0.252. The second kappa shape index (κ2) is 7.18. The minimum Gasteiger partial charge on any atom is -0.497 e. The van der Waals surface area contributed by atoms with E-state index in [4.69, 9.17) is 9.47 Å². The molecule has 0 bridgehead atoms. The summed E-state index contributed by atoms with van der Waals surface area (Å²) >= 11 is 0. The molecule has 0 saturated heterocycles. The lowest BCUT2D eigenvalue weighted by atomic mass is 10.2. The van der Waals surface area contributed by atoms with Crippen LogP contribution in [0.5, 0.6) is 11.5 Å². The monoisotopic (exact) mass is 290 g/mol. The maximum Gasteiger partial charge on any atom is 0.319 e. The number of ether oxygens (including phenoxy) is 2. The third-order valence-electron chi connectivity index (χ3n) is 2.89. The molecule has 0 fully saturated rings. The molecule has 2 rings (SSSR count). The fourth-order valence-electron chi connectivity index (χ4n) is 1.81. The number of hydrogen-bond acceptors (Lipinski definition) is 4. The van der Waals surface area contributed by atoms with Crippen LogP contribution in [0, 0.1) is 0 Å². The molecule has 7 heteroatoms. The topological polar surface area (TPSA) is 88.3 Å². The van der Waals surface area contributed by atoms with Crippen LogP contribution in [0.25, 0.3) is 0 Å². The number of rotatable bonds is 6. The number of aromatic amines is 1. The van der Waals surface area contributed by atoms with Crippen molar-refractivity contribution in [2.45, 2.75) is 6.42 Å². The maximum atomic E-state index is 11.9. The third-order valence-corrected chi connectivity index (χ3v) is 2.89. The van der Waals surface area contributed by atoms with E-state index in [9.17, 15) is 4.79 Å². The standard InChI is InChI=1S/C14H18N4O3/c1-20-11-3-4-13(21-2)12(7-11)18-14(19)16-6-5-10-8-15-9-17-10/h3-4,7-9H,5-6H2,1-2H3,(H,15,17)(H2,16,18,19). The van der Waals surface area contributed by atoms with Crippen molar-refractivity contribution in [3.05, 3.63) is 36.4 Å². The van der Waals surface area contributed by atoms with E-state index in [2.05, 4.69) is 20.6 Å². The van der Waals surface area contributed by atoms with Crippen LogP contribution in [0.1, 0.15) is 5.69 Å². The summed E-state index contributed by atoms with van der Waals surface area (Å²) in [6, 6.07) is 4.90. The highest BCUT2D eigenvalue weighted by Gasteiger charge is 2.08. The second-order valence-corrected chi connectivity index (χ2v) is 4.27. The fraction of sp³-hybridized carbons (Fsp3) is 0.286. The molecule has 0 aliphatic rings. The second-order valence-electron chi connectivity index (χ2n) is 4.27. The molecule has 0 atom stereocenters. The van der Waals surface area contributed by atoms with E-state index >= 15 is 0 Å². The molecular formula is C14H18N4O3. The predicted molar refractivity (Wildman–Crippen MR) is 78.9 cm³/mol. The number of anilines is 1. The smallest absolute Gasteiger partial charge is 0.319 e. The molecule has 3 N–H and O–H groups in total. The molecule has 112 valence electrons. The van der Waals surface area contributed by atoms with Gasteiger partial charge in [0.15, 0.2) is 0 Å². The van der Waals surface area contributed by atoms with Crippen LogP contribution in [-0.4, -0.2) is 36.8 Å². The number of urea groups is 1. The summed E-state index contributed by atoms with van der Waals surface area (Å²) in [5.41, 5.74) is 1.52. The summed E-state index contributed by atoms with van der Waals surface area (Å²) < 4.78 is 10.3. The van der Waals surface area contributed by atoms with Crippen LogP contribution < -0.4 is 20.1 Å². The first kappa shape index (κ1) is 14.7. The van der Waals surface area contributed by atoms with Gasteiger partial charge in [0.25, 0.3) is 0 Å². The number of imidazole rings is 1. The van der Waals surface area contributed by atoms with Gasteiger partial charge in [0.1, 0.15) is 11.5 Å². The number of carbonyl (C=O) groups excluding carboxylic acids is 1. The zero-order valence-electron chi connectivity index (χ0n) is 12.0. The highest BCUT2D eigenvalue weighted by Crippen LogP contribution is 2.28. The van der Waals surface area contributed by atoms with Gasteiger partial charge in [-0.25, -0.2) is 9.78 Å². The molecule has 1 aromatic heterocycles. The number of nitrogens with one attached hydrogen (secondary N) is 3. The summed E-state index contributed by atoms with van der Waals surface area (Å²) in [6.07, 6.45) is 4.02. The Hall–Kier alpha value is -2.70. The van der Waals surface area contributed by atoms with Gasteiger partial charge in [-0.3, -0.25) is 0 Å². The number of nitrogens with zero attached hydrogens (tertiary/aromatic N) is 1. The number of H-pyrrole nitrogens is 1. The van der Waals surface area contributed by atoms with E-state index in [-0.39, 0.29) is 6.03 Å². The van der Waals surface area contributed by atoms with Crippen LogP contribution in [0.2, 0.25) is 0 Å². The van der Waals surface area contributed by atoms with Crippen LogP contribution >= 0.6 is 0 Å². The van der Waals surface area contributed by atoms with Crippen molar-refractivity contribution in [1.82, 2.24) is 15.3 Å². The predicted octanol–water partition coefficient (Wildman–Crippen LogP) is 1.79. The minimum atomic E-state index is -0.305. The molecule has 7 nitrogen and oxygen atoms in total. The van der Waals surface area contributed by atoms with Crippen molar-refractivity contribution in [3.63, 3.8) is 0 Å². The van der Waals surface area contributed by atoms with Gasteiger partial charge in [0.05, 0.1) is 26.2 Å². The first-order valence-corrected chi connectivity index (χ1v) is 6.47. The Labute approximate surface area is 122 Å². The van der Waals surface area contributed by atoms with Crippen molar-refractivity contribution >= 4 is 11.7 Å². The first-order chi connectivity index (χ1) is 10.2. The molecule has 0 spiro atoms. The Balaban J connectivity index is 1.89. The Morgan fingerprint density at radius 1 is 1.33 bits per heavy atom. The van der Waals surface area contributed by atoms with Crippen LogP contribution in [0.15, 0.2) is 30.7 Å². The Morgan fingerprint density at radius 3 is 2.86 bits per heavy atom. The zero-order valence-corrected chi connectivity index (χ0v) is 12.0. The zero-order chi connectivity index (χ0) is 15.1. The van der Waals surface area contributed by atoms with Crippen molar-refractivity contribution < 1.29 is 14.3 Å². The van der Waals surface area contributed by atoms with Gasteiger partial charge in [-0.05, 0) is 12.1 Å². The Bertz CT molecular complexity index is 584. The molecule has 21 heavy (non-hydrogen) atoms. The quantitative estimate of drug-likeness (QED) is 0.757. The van der Waals surface area contributed by atoms with Gasteiger partial charge in [-0.15, -0.1) is 0 Å². The number of hydrogen-bond donors (Lipinski definition) is 3. The molecule has 0 aliphatic carbocycles. The maximum absolute atomic E-state index is 11.9. The average Bonchev–Trinajstić information content (AvgIpc) is 3.00. The van der Waals surface area contributed by atoms with Gasteiger partial charge in [0, 0.05) is 30.9 Å². The van der Waals surface area contributed by atoms with Gasteiger partial charge < -0.3 is 25.1 Å². The molecule has 2 aromatic rings. The average molecular weight is 290 g/mol. The molecule has 0 aliphatic heterocycles. The van der Waals surface area contributed by atoms with Crippen LogP contribution in [-0.2, 0) is 6.42 Å². The van der Waals surface area contributed by atoms with Gasteiger partial charge >= 0.3 is 6.03 Å². The highest BCUT2D eigenvalue weighted by atomic mass is 16.5. The van der Waals surface area contributed by atoms with Crippen molar-refractivity contribution in [2.75, 3.05) is 26.1 Å². The fourth-order valence-corrected chi connectivity index (χ4v) is 1.81. The Kier molecular flexibility index (Phi) is 5.03. The van der Waals surface area contributed by atoms with Crippen molar-refractivity contribution in [2.24, 2.45) is 0 Å². The van der Waals surface area contributed by atoms with E-state index in [1.54, 1.807) is 44.9 Å². The highest BCUT2D eigenvalue weighted by molar-refractivity contribution is 5.91. The molecule has 0 saturated carbocycles. The molecule has 0 unspecified atom stereocenters. The Morgan fingerprint density at radius 2 is 2.19 bits per heavy atom. The van der Waals surface area contributed by atoms with E-state index < -0.39 is 0 Å². The summed E-state index contributed by atoms with van der Waals surface area (Å²) in [5, 5.41) is 5.50. The summed E-state index contributed by atoms with van der Waals surface area (Å²) in [6.45, 7) is 0.500. The molecular weight excluding hydrogens is 272 g/mol. The van der Waals surface area contributed by atoms with Crippen molar-refractivity contribution in [3.8, 4) is 11.5 Å². The normalized spacial score (nSPS) is 10.0. The molecule has 1 heterocycles. The first-order valence-electron chi connectivity index (χ1n) is 6.47.